The Bertz CT molecular complexity index is 617. The number of nitrogens with zero attached hydrogens (tertiary/aromatic N) is 2. The molecule has 2 rings (SSSR count). The van der Waals surface area contributed by atoms with E-state index in [0.717, 1.165) is 12.1 Å². The second kappa shape index (κ2) is 6.07. The molecule has 0 aliphatic heterocycles. The van der Waals surface area contributed by atoms with Gasteiger partial charge in [0.05, 0.1) is 5.56 Å². The van der Waals surface area contributed by atoms with Crippen LogP contribution in [0.25, 0.3) is 11.1 Å². The van der Waals surface area contributed by atoms with Gasteiger partial charge < -0.3 is 5.32 Å². The van der Waals surface area contributed by atoms with Crippen molar-refractivity contribution in [3.05, 3.63) is 53.6 Å². The zero-order valence-electron chi connectivity index (χ0n) is 10.7. The van der Waals surface area contributed by atoms with Crippen molar-refractivity contribution in [2.24, 2.45) is 0 Å². The Morgan fingerprint density at radius 1 is 1.32 bits per heavy atom. The molecule has 0 amide bonds. The van der Waals surface area contributed by atoms with Crippen molar-refractivity contribution >= 4 is 0 Å². The van der Waals surface area contributed by atoms with Crippen LogP contribution in [0.15, 0.2) is 36.7 Å². The number of aromatic nitrogens is 1. The van der Waals surface area contributed by atoms with E-state index in [0.29, 0.717) is 23.2 Å². The smallest absolute Gasteiger partial charge is 0.131 e. The Hall–Kier alpha value is -2.25. The maximum atomic E-state index is 14.1. The molecule has 1 N–H and O–H groups in total. The minimum absolute atomic E-state index is 0.299. The lowest BCUT2D eigenvalue weighted by Gasteiger charge is -2.07. The molecule has 4 heteroatoms. The van der Waals surface area contributed by atoms with E-state index < -0.39 is 0 Å². The molecule has 0 radical (unpaired) electrons. The second-order valence-corrected chi connectivity index (χ2v) is 4.17. The van der Waals surface area contributed by atoms with Crippen LogP contribution in [0.5, 0.6) is 0 Å². The van der Waals surface area contributed by atoms with Crippen LogP contribution in [0.4, 0.5) is 4.39 Å². The minimum atomic E-state index is -0.299. The molecule has 0 atom stereocenters. The van der Waals surface area contributed by atoms with Crippen LogP contribution in [-0.2, 0) is 6.54 Å². The Balaban J connectivity index is 2.32. The molecular weight excluding hydrogens is 241 g/mol. The fourth-order valence-electron chi connectivity index (χ4n) is 1.82. The summed E-state index contributed by atoms with van der Waals surface area (Å²) < 4.78 is 14.1. The van der Waals surface area contributed by atoms with E-state index in [-0.39, 0.29) is 5.82 Å². The van der Waals surface area contributed by atoms with Gasteiger partial charge in [-0.05, 0) is 24.2 Å². The summed E-state index contributed by atoms with van der Waals surface area (Å²) in [5, 5.41) is 12.0. The van der Waals surface area contributed by atoms with E-state index in [2.05, 4.69) is 10.3 Å². The lowest BCUT2D eigenvalue weighted by atomic mass is 10.0. The van der Waals surface area contributed by atoms with Gasteiger partial charge in [0.15, 0.2) is 0 Å². The van der Waals surface area contributed by atoms with Gasteiger partial charge in [-0.1, -0.05) is 19.1 Å². The van der Waals surface area contributed by atoms with E-state index in [1.54, 1.807) is 18.3 Å². The summed E-state index contributed by atoms with van der Waals surface area (Å²) in [7, 11) is 0. The van der Waals surface area contributed by atoms with Crippen molar-refractivity contribution in [1.82, 2.24) is 10.3 Å². The first kappa shape index (κ1) is 13.2. The summed E-state index contributed by atoms with van der Waals surface area (Å²) in [6.45, 7) is 3.49. The highest BCUT2D eigenvalue weighted by molar-refractivity contribution is 5.65. The first-order chi connectivity index (χ1) is 9.24. The van der Waals surface area contributed by atoms with Gasteiger partial charge in [0.25, 0.3) is 0 Å². The summed E-state index contributed by atoms with van der Waals surface area (Å²) in [6, 6.07) is 8.74. The Morgan fingerprint density at radius 3 is 2.84 bits per heavy atom. The van der Waals surface area contributed by atoms with Gasteiger partial charge >= 0.3 is 0 Å². The first-order valence-corrected chi connectivity index (χ1v) is 6.09. The van der Waals surface area contributed by atoms with Crippen LogP contribution in [0.1, 0.15) is 18.1 Å². The van der Waals surface area contributed by atoms with E-state index in [4.69, 9.17) is 5.26 Å². The molecule has 2 aromatic rings. The molecule has 0 spiro atoms. The molecule has 1 heterocycles. The maximum Gasteiger partial charge on any atom is 0.131 e. The number of halogens is 1. The van der Waals surface area contributed by atoms with Crippen molar-refractivity contribution < 1.29 is 4.39 Å². The Kier molecular flexibility index (Phi) is 4.22. The molecule has 0 saturated heterocycles. The number of hydrogen-bond acceptors (Lipinski definition) is 3. The van der Waals surface area contributed by atoms with Crippen molar-refractivity contribution in [2.45, 2.75) is 13.5 Å². The average molecular weight is 255 g/mol. The van der Waals surface area contributed by atoms with E-state index in [1.165, 1.54) is 12.3 Å². The molecule has 0 aliphatic carbocycles. The molecular formula is C15H14FN3. The Labute approximate surface area is 111 Å². The van der Waals surface area contributed by atoms with Crippen LogP contribution in [0, 0.1) is 17.1 Å². The first-order valence-electron chi connectivity index (χ1n) is 6.09. The molecule has 1 aromatic carbocycles. The zero-order valence-corrected chi connectivity index (χ0v) is 10.7. The summed E-state index contributed by atoms with van der Waals surface area (Å²) >= 11 is 0. The third-order valence-corrected chi connectivity index (χ3v) is 2.79. The van der Waals surface area contributed by atoms with Gasteiger partial charge in [-0.2, -0.15) is 5.26 Å². The molecule has 3 nitrogen and oxygen atoms in total. The number of rotatable bonds is 4. The largest absolute Gasteiger partial charge is 0.313 e. The highest BCUT2D eigenvalue weighted by Crippen LogP contribution is 2.23. The predicted octanol–water partition coefficient (Wildman–Crippen LogP) is 2.87. The molecule has 19 heavy (non-hydrogen) atoms. The highest BCUT2D eigenvalue weighted by atomic mass is 19.1. The van der Waals surface area contributed by atoms with Gasteiger partial charge in [-0.25, -0.2) is 4.39 Å². The lowest BCUT2D eigenvalue weighted by Crippen LogP contribution is -2.11. The van der Waals surface area contributed by atoms with Crippen molar-refractivity contribution in [1.29, 1.82) is 5.26 Å². The number of benzene rings is 1. The van der Waals surface area contributed by atoms with E-state index >= 15 is 0 Å². The van der Waals surface area contributed by atoms with Gasteiger partial charge in [0.1, 0.15) is 11.9 Å². The molecule has 0 bridgehead atoms. The summed E-state index contributed by atoms with van der Waals surface area (Å²) in [4.78, 5) is 3.94. The number of hydrogen-bond donors (Lipinski definition) is 1. The topological polar surface area (TPSA) is 48.7 Å². The average Bonchev–Trinajstić information content (AvgIpc) is 2.45. The molecule has 1 aromatic heterocycles. The third-order valence-electron chi connectivity index (χ3n) is 2.79. The van der Waals surface area contributed by atoms with Crippen LogP contribution < -0.4 is 5.32 Å². The minimum Gasteiger partial charge on any atom is -0.313 e. The van der Waals surface area contributed by atoms with Gasteiger partial charge in [0, 0.05) is 30.1 Å². The molecule has 0 saturated carbocycles. The maximum absolute atomic E-state index is 14.1. The zero-order chi connectivity index (χ0) is 13.7. The van der Waals surface area contributed by atoms with E-state index in [1.807, 2.05) is 19.1 Å². The van der Waals surface area contributed by atoms with E-state index in [9.17, 15) is 4.39 Å². The molecule has 0 aliphatic rings. The Morgan fingerprint density at radius 2 is 2.16 bits per heavy atom. The molecule has 96 valence electrons. The molecule has 0 unspecified atom stereocenters. The van der Waals surface area contributed by atoms with Crippen LogP contribution >= 0.6 is 0 Å². The SMILES string of the molecule is CCNCc1ccc(-c2cncc(C#N)c2)c(F)c1. The molecule has 0 fully saturated rings. The van der Waals surface area contributed by atoms with Gasteiger partial charge in [-0.15, -0.1) is 0 Å². The second-order valence-electron chi connectivity index (χ2n) is 4.17. The van der Waals surface area contributed by atoms with Crippen molar-refractivity contribution in [2.75, 3.05) is 6.54 Å². The van der Waals surface area contributed by atoms with Gasteiger partial charge in [0.2, 0.25) is 0 Å². The fraction of sp³-hybridized carbons (Fsp3) is 0.200. The standard InChI is InChI=1S/C15H14FN3/c1-2-18-8-11-3-4-14(15(16)6-11)13-5-12(7-17)9-19-10-13/h3-6,9-10,18H,2,8H2,1H3. The van der Waals surface area contributed by atoms with Crippen LogP contribution in [0.3, 0.4) is 0 Å². The van der Waals surface area contributed by atoms with Gasteiger partial charge in [-0.3, -0.25) is 4.98 Å². The predicted molar refractivity (Wildman–Crippen MR) is 71.7 cm³/mol. The summed E-state index contributed by atoms with van der Waals surface area (Å²) in [5.74, 6) is -0.299. The van der Waals surface area contributed by atoms with Crippen molar-refractivity contribution in [3.63, 3.8) is 0 Å². The lowest BCUT2D eigenvalue weighted by molar-refractivity contribution is 0.625. The number of nitrogens with one attached hydrogen (secondary N) is 1. The monoisotopic (exact) mass is 255 g/mol. The summed E-state index contributed by atoms with van der Waals surface area (Å²) in [6.07, 6.45) is 3.02. The normalized spacial score (nSPS) is 10.2. The highest BCUT2D eigenvalue weighted by Gasteiger charge is 2.07. The summed E-state index contributed by atoms with van der Waals surface area (Å²) in [5.41, 5.74) is 2.40. The number of pyridine rings is 1. The van der Waals surface area contributed by atoms with Crippen LogP contribution in [-0.4, -0.2) is 11.5 Å². The van der Waals surface area contributed by atoms with Crippen molar-refractivity contribution in [3.8, 4) is 17.2 Å². The number of nitriles is 1. The van der Waals surface area contributed by atoms with Crippen LogP contribution in [0.2, 0.25) is 0 Å². The quantitative estimate of drug-likeness (QED) is 0.913. The third kappa shape index (κ3) is 3.15. The fourth-order valence-corrected chi connectivity index (χ4v) is 1.82.